The lowest BCUT2D eigenvalue weighted by molar-refractivity contribution is 0.101. The van der Waals surface area contributed by atoms with Crippen LogP contribution in [0.4, 0.5) is 0 Å². The zero-order valence-electron chi connectivity index (χ0n) is 6.16. The zero-order chi connectivity index (χ0) is 8.27. The Bertz CT molecular complexity index is 305. The summed E-state index contributed by atoms with van der Waals surface area (Å²) in [6, 6.07) is 3.32. The molecule has 0 saturated carbocycles. The highest BCUT2D eigenvalue weighted by molar-refractivity contribution is 5.92. The first-order valence-electron chi connectivity index (χ1n) is 3.17. The van der Waals surface area contributed by atoms with Crippen LogP contribution in [0, 0.1) is 12.3 Å². The number of hydrogen-bond acceptors (Lipinski definition) is 2. The van der Waals surface area contributed by atoms with E-state index in [1.807, 2.05) is 0 Å². The van der Waals surface area contributed by atoms with Crippen LogP contribution in [0.15, 0.2) is 18.3 Å². The van der Waals surface area contributed by atoms with Gasteiger partial charge in [0.25, 0.3) is 0 Å². The number of pyridine rings is 1. The fourth-order valence-corrected chi connectivity index (χ4v) is 0.688. The molecule has 0 saturated heterocycles. The van der Waals surface area contributed by atoms with E-state index >= 15 is 0 Å². The number of rotatable bonds is 1. The van der Waals surface area contributed by atoms with Gasteiger partial charge in [0.2, 0.25) is 0 Å². The van der Waals surface area contributed by atoms with Crippen LogP contribution in [0.3, 0.4) is 0 Å². The van der Waals surface area contributed by atoms with E-state index in [4.69, 9.17) is 6.42 Å². The van der Waals surface area contributed by atoms with E-state index in [-0.39, 0.29) is 5.78 Å². The van der Waals surface area contributed by atoms with Crippen LogP contribution in [0.5, 0.6) is 0 Å². The molecule has 0 aliphatic carbocycles. The van der Waals surface area contributed by atoms with Gasteiger partial charge in [0.15, 0.2) is 5.78 Å². The third-order valence-electron chi connectivity index (χ3n) is 1.29. The molecule has 0 aliphatic heterocycles. The second-order valence-electron chi connectivity index (χ2n) is 2.13. The summed E-state index contributed by atoms with van der Waals surface area (Å²) >= 11 is 0. The van der Waals surface area contributed by atoms with E-state index in [1.165, 1.54) is 13.1 Å². The first kappa shape index (κ1) is 7.49. The van der Waals surface area contributed by atoms with Crippen LogP contribution < -0.4 is 0 Å². The summed E-state index contributed by atoms with van der Waals surface area (Å²) in [5.74, 6) is 2.37. The van der Waals surface area contributed by atoms with E-state index in [0.717, 1.165) is 0 Å². The first-order chi connectivity index (χ1) is 5.24. The van der Waals surface area contributed by atoms with Crippen molar-refractivity contribution in [2.75, 3.05) is 0 Å². The molecule has 0 fully saturated rings. The molecule has 0 bridgehead atoms. The highest BCUT2D eigenvalue weighted by atomic mass is 16.1. The molecule has 0 amide bonds. The van der Waals surface area contributed by atoms with Gasteiger partial charge in [-0.1, -0.05) is 5.92 Å². The van der Waals surface area contributed by atoms with Crippen molar-refractivity contribution in [3.8, 4) is 12.3 Å². The van der Waals surface area contributed by atoms with Gasteiger partial charge in [-0.2, -0.15) is 0 Å². The van der Waals surface area contributed by atoms with Crippen molar-refractivity contribution in [1.29, 1.82) is 0 Å². The Balaban J connectivity index is 3.03. The standard InChI is InChI=1S/C9H7NO/c1-3-8-4-5-9(7(2)11)10-6-8/h1,4-6H,2H3. The lowest BCUT2D eigenvalue weighted by atomic mass is 10.2. The third kappa shape index (κ3) is 1.65. The number of nitrogens with zero attached hydrogens (tertiary/aromatic N) is 1. The van der Waals surface area contributed by atoms with Crippen LogP contribution in [0.25, 0.3) is 0 Å². The van der Waals surface area contributed by atoms with E-state index in [9.17, 15) is 4.79 Å². The van der Waals surface area contributed by atoms with Crippen molar-refractivity contribution in [1.82, 2.24) is 4.98 Å². The van der Waals surface area contributed by atoms with Crippen molar-refractivity contribution in [3.05, 3.63) is 29.6 Å². The number of Topliss-reactive ketones (excluding diaryl/α,β-unsaturated/α-hetero) is 1. The van der Waals surface area contributed by atoms with Crippen LogP contribution in [0.2, 0.25) is 0 Å². The smallest absolute Gasteiger partial charge is 0.178 e. The van der Waals surface area contributed by atoms with E-state index < -0.39 is 0 Å². The molecular formula is C9H7NO. The van der Waals surface area contributed by atoms with Crippen molar-refractivity contribution in [2.45, 2.75) is 6.92 Å². The molecule has 0 atom stereocenters. The van der Waals surface area contributed by atoms with Crippen molar-refractivity contribution < 1.29 is 4.79 Å². The highest BCUT2D eigenvalue weighted by Crippen LogP contribution is 1.98. The monoisotopic (exact) mass is 145 g/mol. The number of hydrogen-bond donors (Lipinski definition) is 0. The summed E-state index contributed by atoms with van der Waals surface area (Å²) in [5, 5.41) is 0. The van der Waals surface area contributed by atoms with Gasteiger partial charge in [-0.15, -0.1) is 6.42 Å². The molecule has 1 heterocycles. The van der Waals surface area contributed by atoms with E-state index in [2.05, 4.69) is 10.9 Å². The van der Waals surface area contributed by atoms with Crippen LogP contribution in [-0.4, -0.2) is 10.8 Å². The van der Waals surface area contributed by atoms with Crippen LogP contribution in [0.1, 0.15) is 23.0 Å². The van der Waals surface area contributed by atoms with Crippen molar-refractivity contribution >= 4 is 5.78 Å². The summed E-state index contributed by atoms with van der Waals surface area (Å²) < 4.78 is 0. The Morgan fingerprint density at radius 3 is 2.73 bits per heavy atom. The Labute approximate surface area is 65.3 Å². The molecule has 54 valence electrons. The molecule has 0 aromatic carbocycles. The number of ketones is 1. The minimum Gasteiger partial charge on any atom is -0.293 e. The second kappa shape index (κ2) is 2.98. The Morgan fingerprint density at radius 2 is 2.36 bits per heavy atom. The molecule has 2 nitrogen and oxygen atoms in total. The molecule has 0 radical (unpaired) electrons. The number of terminal acetylenes is 1. The van der Waals surface area contributed by atoms with Gasteiger partial charge in [-0.05, 0) is 12.1 Å². The van der Waals surface area contributed by atoms with Crippen molar-refractivity contribution in [3.63, 3.8) is 0 Å². The Hall–Kier alpha value is -1.62. The molecule has 0 spiro atoms. The predicted octanol–water partition coefficient (Wildman–Crippen LogP) is 1.27. The minimum atomic E-state index is -0.0476. The summed E-state index contributed by atoms with van der Waals surface area (Å²) in [7, 11) is 0. The minimum absolute atomic E-state index is 0.0476. The van der Waals surface area contributed by atoms with Gasteiger partial charge >= 0.3 is 0 Å². The fraction of sp³-hybridized carbons (Fsp3) is 0.111. The largest absolute Gasteiger partial charge is 0.293 e. The summed E-state index contributed by atoms with van der Waals surface area (Å²) in [6.07, 6.45) is 6.61. The normalized spacial score (nSPS) is 8.73. The lowest BCUT2D eigenvalue weighted by Crippen LogP contribution is -1.95. The molecular weight excluding hydrogens is 138 g/mol. The molecule has 0 N–H and O–H groups in total. The molecule has 1 aromatic rings. The van der Waals surface area contributed by atoms with Gasteiger partial charge in [0.1, 0.15) is 5.69 Å². The van der Waals surface area contributed by atoms with Gasteiger partial charge in [0, 0.05) is 18.7 Å². The SMILES string of the molecule is C#Cc1ccc(C(C)=O)nc1. The van der Waals surface area contributed by atoms with Gasteiger partial charge < -0.3 is 0 Å². The highest BCUT2D eigenvalue weighted by Gasteiger charge is 1.97. The van der Waals surface area contributed by atoms with Crippen molar-refractivity contribution in [2.24, 2.45) is 0 Å². The average Bonchev–Trinajstić information content (AvgIpc) is 2.05. The maximum atomic E-state index is 10.7. The van der Waals surface area contributed by atoms with E-state index in [0.29, 0.717) is 11.3 Å². The fourth-order valence-electron chi connectivity index (χ4n) is 0.688. The summed E-state index contributed by atoms with van der Waals surface area (Å²) in [6.45, 7) is 1.47. The number of aromatic nitrogens is 1. The predicted molar refractivity (Wildman–Crippen MR) is 42.2 cm³/mol. The van der Waals surface area contributed by atoms with Gasteiger partial charge in [-0.25, -0.2) is 0 Å². The Morgan fingerprint density at radius 1 is 1.64 bits per heavy atom. The number of carbonyl (C=O) groups excluding carboxylic acids is 1. The second-order valence-corrected chi connectivity index (χ2v) is 2.13. The maximum absolute atomic E-state index is 10.7. The Kier molecular flexibility index (Phi) is 2.03. The molecule has 0 aliphatic rings. The van der Waals surface area contributed by atoms with E-state index in [1.54, 1.807) is 12.1 Å². The average molecular weight is 145 g/mol. The quantitative estimate of drug-likeness (QED) is 0.440. The maximum Gasteiger partial charge on any atom is 0.178 e. The molecule has 1 rings (SSSR count). The molecule has 0 unspecified atom stereocenters. The number of carbonyl (C=O) groups is 1. The summed E-state index contributed by atoms with van der Waals surface area (Å²) in [5.41, 5.74) is 1.14. The molecule has 1 aromatic heterocycles. The van der Waals surface area contributed by atoms with Gasteiger partial charge in [-0.3, -0.25) is 9.78 Å². The van der Waals surface area contributed by atoms with Gasteiger partial charge in [0.05, 0.1) is 0 Å². The summed E-state index contributed by atoms with van der Waals surface area (Å²) in [4.78, 5) is 14.6. The topological polar surface area (TPSA) is 30.0 Å². The molecule has 2 heteroatoms. The lowest BCUT2D eigenvalue weighted by Gasteiger charge is -1.92. The zero-order valence-corrected chi connectivity index (χ0v) is 6.16. The third-order valence-corrected chi connectivity index (χ3v) is 1.29. The van der Waals surface area contributed by atoms with Crippen LogP contribution in [-0.2, 0) is 0 Å². The molecule has 11 heavy (non-hydrogen) atoms. The van der Waals surface area contributed by atoms with Crippen LogP contribution >= 0.6 is 0 Å². The first-order valence-corrected chi connectivity index (χ1v) is 3.17.